The number of aromatic amines is 1. The number of aromatic nitrogens is 2. The summed E-state index contributed by atoms with van der Waals surface area (Å²) in [5.41, 5.74) is 4.74. The van der Waals surface area contributed by atoms with Crippen LogP contribution in [-0.2, 0) is 10.0 Å². The van der Waals surface area contributed by atoms with Gasteiger partial charge in [-0.25, -0.2) is 8.42 Å². The van der Waals surface area contributed by atoms with Gasteiger partial charge >= 0.3 is 15.5 Å². The molecule has 3 N–H and O–H groups in total. The SMILES string of the molecule is NC(=O)c1ccc(C(c2ccc(Cl)cc2)c2ccc3[nH]nc(C4CCN(S(=O)(=O)C(F)(F)F)CC4)c3c2)cc1. The van der Waals surface area contributed by atoms with Crippen LogP contribution >= 0.6 is 11.6 Å². The van der Waals surface area contributed by atoms with E-state index in [4.69, 9.17) is 17.3 Å². The number of nitrogens with one attached hydrogen (secondary N) is 1. The van der Waals surface area contributed by atoms with Crippen LogP contribution in [0.15, 0.2) is 66.7 Å². The van der Waals surface area contributed by atoms with E-state index in [1.807, 2.05) is 42.5 Å². The molecule has 2 heterocycles. The molecule has 0 saturated carbocycles. The van der Waals surface area contributed by atoms with Gasteiger partial charge in [-0.3, -0.25) is 9.89 Å². The van der Waals surface area contributed by atoms with Gasteiger partial charge in [-0.05, 0) is 65.9 Å². The summed E-state index contributed by atoms with van der Waals surface area (Å²) < 4.78 is 63.2. The number of alkyl halides is 3. The number of rotatable bonds is 6. The maximum Gasteiger partial charge on any atom is 0.511 e. The fourth-order valence-corrected chi connectivity index (χ4v) is 6.24. The first-order valence-corrected chi connectivity index (χ1v) is 14.0. The van der Waals surface area contributed by atoms with Crippen molar-refractivity contribution in [3.8, 4) is 0 Å². The summed E-state index contributed by atoms with van der Waals surface area (Å²) in [7, 11) is -5.36. The molecule has 1 fully saturated rings. The van der Waals surface area contributed by atoms with Crippen molar-refractivity contribution < 1.29 is 26.4 Å². The van der Waals surface area contributed by atoms with Crippen LogP contribution in [0.1, 0.15) is 57.4 Å². The predicted molar refractivity (Wildman–Crippen MR) is 142 cm³/mol. The molecule has 1 aliphatic heterocycles. The van der Waals surface area contributed by atoms with E-state index in [-0.39, 0.29) is 37.8 Å². The monoisotopic (exact) mass is 576 g/mol. The topological polar surface area (TPSA) is 109 Å². The number of sulfonamides is 1. The first-order chi connectivity index (χ1) is 18.5. The maximum absolute atomic E-state index is 13.0. The highest BCUT2D eigenvalue weighted by Crippen LogP contribution is 2.38. The summed E-state index contributed by atoms with van der Waals surface area (Å²) in [5, 5.41) is 8.86. The number of amides is 1. The molecule has 7 nitrogen and oxygen atoms in total. The first-order valence-electron chi connectivity index (χ1n) is 12.2. The quantitative estimate of drug-likeness (QED) is 0.294. The number of fused-ring (bicyclic) bond motifs is 1. The minimum Gasteiger partial charge on any atom is -0.366 e. The number of nitrogens with zero attached hydrogens (tertiary/aromatic N) is 2. The maximum atomic E-state index is 13.0. The van der Waals surface area contributed by atoms with Gasteiger partial charge in [-0.2, -0.15) is 22.6 Å². The van der Waals surface area contributed by atoms with Crippen molar-refractivity contribution in [1.29, 1.82) is 0 Å². The second-order valence-corrected chi connectivity index (χ2v) is 11.9. The summed E-state index contributed by atoms with van der Waals surface area (Å²) in [6, 6.07) is 20.3. The summed E-state index contributed by atoms with van der Waals surface area (Å²) in [4.78, 5) is 11.6. The number of benzene rings is 3. The Hall–Kier alpha value is -3.41. The van der Waals surface area contributed by atoms with Gasteiger partial charge in [0.1, 0.15) is 0 Å². The highest BCUT2D eigenvalue weighted by molar-refractivity contribution is 7.90. The Morgan fingerprint density at radius 1 is 0.974 bits per heavy atom. The molecule has 1 unspecified atom stereocenters. The van der Waals surface area contributed by atoms with Crippen LogP contribution in [0.4, 0.5) is 13.2 Å². The van der Waals surface area contributed by atoms with Gasteiger partial charge in [-0.15, -0.1) is 0 Å². The molecule has 0 aliphatic carbocycles. The standard InChI is InChI=1S/C27H24ClF3N4O3S/c28-21-8-5-17(6-9-21)24(16-1-3-19(4-2-16)26(32)36)20-7-10-23-22(15-20)25(34-33-23)18-11-13-35(14-12-18)39(37,38)27(29,30)31/h1-10,15,18,24H,11-14H2,(H2,32,36)(H,33,34). The van der Waals surface area contributed by atoms with Gasteiger partial charge in [-0.1, -0.05) is 41.9 Å². The van der Waals surface area contributed by atoms with Gasteiger partial charge in [0.25, 0.3) is 0 Å². The van der Waals surface area contributed by atoms with E-state index in [1.165, 1.54) is 0 Å². The van der Waals surface area contributed by atoms with E-state index in [0.29, 0.717) is 20.6 Å². The molecule has 204 valence electrons. The number of carbonyl (C=O) groups excluding carboxylic acids is 1. The lowest BCUT2D eigenvalue weighted by molar-refractivity contribution is -0.0494. The van der Waals surface area contributed by atoms with E-state index in [1.54, 1.807) is 24.3 Å². The Balaban J connectivity index is 1.50. The van der Waals surface area contributed by atoms with Crippen molar-refractivity contribution in [3.05, 3.63) is 99.7 Å². The molecule has 3 aromatic carbocycles. The van der Waals surface area contributed by atoms with Crippen LogP contribution in [0.3, 0.4) is 0 Å². The number of piperidine rings is 1. The average Bonchev–Trinajstić information content (AvgIpc) is 3.33. The fraction of sp³-hybridized carbons (Fsp3) is 0.259. The van der Waals surface area contributed by atoms with E-state index >= 15 is 0 Å². The summed E-state index contributed by atoms with van der Waals surface area (Å²) in [6.45, 7) is -0.472. The Bertz CT molecular complexity index is 1610. The Morgan fingerprint density at radius 2 is 1.54 bits per heavy atom. The molecule has 0 spiro atoms. The number of hydrogen-bond donors (Lipinski definition) is 2. The van der Waals surface area contributed by atoms with Crippen molar-refractivity contribution in [2.45, 2.75) is 30.2 Å². The molecule has 4 aromatic rings. The lowest BCUT2D eigenvalue weighted by Gasteiger charge is -2.31. The van der Waals surface area contributed by atoms with Gasteiger partial charge in [0.15, 0.2) is 0 Å². The number of nitrogens with two attached hydrogens (primary N) is 1. The summed E-state index contributed by atoms with van der Waals surface area (Å²) >= 11 is 6.13. The molecule has 0 radical (unpaired) electrons. The second-order valence-electron chi connectivity index (χ2n) is 9.51. The molecule has 1 atom stereocenters. The molecule has 12 heteroatoms. The lowest BCUT2D eigenvalue weighted by Crippen LogP contribution is -2.44. The third-order valence-electron chi connectivity index (χ3n) is 7.15. The lowest BCUT2D eigenvalue weighted by atomic mass is 9.83. The van der Waals surface area contributed by atoms with Crippen molar-refractivity contribution in [2.75, 3.05) is 13.1 Å². The predicted octanol–water partition coefficient (Wildman–Crippen LogP) is 5.52. The first kappa shape index (κ1) is 27.2. The van der Waals surface area contributed by atoms with Crippen LogP contribution in [0, 0.1) is 0 Å². The van der Waals surface area contributed by atoms with Crippen LogP contribution in [0.5, 0.6) is 0 Å². The number of halogens is 4. The molecular formula is C27H24ClF3N4O3S. The number of H-pyrrole nitrogens is 1. The molecule has 0 bridgehead atoms. The summed E-state index contributed by atoms with van der Waals surface area (Å²) in [5.74, 6) is -0.962. The third-order valence-corrected chi connectivity index (χ3v) is 9.04. The van der Waals surface area contributed by atoms with Crippen LogP contribution in [-0.4, -0.2) is 47.4 Å². The molecule has 1 amide bonds. The zero-order chi connectivity index (χ0) is 27.9. The van der Waals surface area contributed by atoms with Crippen molar-refractivity contribution in [3.63, 3.8) is 0 Å². The summed E-state index contributed by atoms with van der Waals surface area (Å²) in [6.07, 6.45) is 0.434. The largest absolute Gasteiger partial charge is 0.511 e. The normalized spacial score (nSPS) is 16.4. The Morgan fingerprint density at radius 3 is 2.10 bits per heavy atom. The smallest absolute Gasteiger partial charge is 0.366 e. The second kappa shape index (κ2) is 10.3. The van der Waals surface area contributed by atoms with E-state index in [9.17, 15) is 26.4 Å². The van der Waals surface area contributed by atoms with E-state index < -0.39 is 21.4 Å². The molecular weight excluding hydrogens is 553 g/mol. The van der Waals surface area contributed by atoms with Crippen molar-refractivity contribution >= 4 is 38.4 Å². The average molecular weight is 577 g/mol. The molecule has 39 heavy (non-hydrogen) atoms. The minimum absolute atomic E-state index is 0.211. The fourth-order valence-electron chi connectivity index (χ4n) is 5.13. The van der Waals surface area contributed by atoms with Crippen LogP contribution < -0.4 is 5.73 Å². The zero-order valence-electron chi connectivity index (χ0n) is 20.5. The highest BCUT2D eigenvalue weighted by Gasteiger charge is 2.50. The van der Waals surface area contributed by atoms with Gasteiger partial charge in [0.2, 0.25) is 5.91 Å². The number of primary amides is 1. The van der Waals surface area contributed by atoms with Gasteiger partial charge < -0.3 is 5.73 Å². The number of carbonyl (C=O) groups is 1. The molecule has 1 aliphatic rings. The van der Waals surface area contributed by atoms with Crippen LogP contribution in [0.2, 0.25) is 5.02 Å². The Labute approximate surface area is 227 Å². The van der Waals surface area contributed by atoms with Gasteiger partial charge in [0, 0.05) is 40.9 Å². The minimum atomic E-state index is -5.36. The van der Waals surface area contributed by atoms with E-state index in [2.05, 4.69) is 10.2 Å². The van der Waals surface area contributed by atoms with Gasteiger partial charge in [0.05, 0.1) is 11.2 Å². The van der Waals surface area contributed by atoms with Crippen molar-refractivity contribution in [1.82, 2.24) is 14.5 Å². The zero-order valence-corrected chi connectivity index (χ0v) is 22.0. The van der Waals surface area contributed by atoms with Crippen LogP contribution in [0.25, 0.3) is 10.9 Å². The highest BCUT2D eigenvalue weighted by atomic mass is 35.5. The molecule has 1 aromatic heterocycles. The van der Waals surface area contributed by atoms with Crippen molar-refractivity contribution in [2.24, 2.45) is 5.73 Å². The number of hydrogen-bond acceptors (Lipinski definition) is 4. The Kier molecular flexibility index (Phi) is 7.17. The third kappa shape index (κ3) is 5.26. The molecule has 1 saturated heterocycles. The van der Waals surface area contributed by atoms with E-state index in [0.717, 1.165) is 27.6 Å². The molecule has 5 rings (SSSR count).